The van der Waals surface area contributed by atoms with Crippen LogP contribution < -0.4 is 0 Å². The van der Waals surface area contributed by atoms with Gasteiger partial charge in [-0.15, -0.1) is 0 Å². The first-order chi connectivity index (χ1) is 14.2. The largest absolute Gasteiger partial charge is 0.465 e. The minimum Gasteiger partial charge on any atom is -0.465 e. The molecule has 0 heterocycles. The molecule has 0 amide bonds. The summed E-state index contributed by atoms with van der Waals surface area (Å²) in [5, 5.41) is -1.47. The second-order valence-electron chi connectivity index (χ2n) is 7.12. The second kappa shape index (κ2) is 8.18. The maximum absolute atomic E-state index is 13.9. The normalized spacial score (nSPS) is 19.7. The van der Waals surface area contributed by atoms with Crippen LogP contribution in [0.1, 0.15) is 30.9 Å². The lowest BCUT2D eigenvalue weighted by molar-refractivity contribution is -0.164. The minimum absolute atomic E-state index is 0.0324. The number of carbonyl (C=O) groups is 2. The fourth-order valence-electron chi connectivity index (χ4n) is 3.86. The maximum atomic E-state index is 13.9. The summed E-state index contributed by atoms with van der Waals surface area (Å²) in [7, 11) is -4.15. The van der Waals surface area contributed by atoms with Gasteiger partial charge in [-0.3, -0.25) is 9.59 Å². The molecule has 2 atom stereocenters. The molecule has 2 aromatic rings. The van der Waals surface area contributed by atoms with E-state index in [9.17, 15) is 22.4 Å². The summed E-state index contributed by atoms with van der Waals surface area (Å²) in [6, 6.07) is 11.3. The van der Waals surface area contributed by atoms with Crippen molar-refractivity contribution in [1.29, 1.82) is 0 Å². The lowest BCUT2D eigenvalue weighted by atomic mass is 9.99. The molecule has 0 aromatic heterocycles. The lowest BCUT2D eigenvalue weighted by Crippen LogP contribution is -2.35. The summed E-state index contributed by atoms with van der Waals surface area (Å²) in [6.07, 6.45) is 0. The molecule has 1 saturated carbocycles. The van der Waals surface area contributed by atoms with Crippen LogP contribution in [-0.2, 0) is 28.9 Å². The van der Waals surface area contributed by atoms with Crippen molar-refractivity contribution >= 4 is 21.8 Å². The van der Waals surface area contributed by atoms with E-state index in [4.69, 9.17) is 9.47 Å². The fourth-order valence-corrected chi connectivity index (χ4v) is 6.15. The number of benzene rings is 2. The van der Waals surface area contributed by atoms with E-state index in [-0.39, 0.29) is 23.7 Å². The maximum Gasteiger partial charge on any atom is 0.325 e. The van der Waals surface area contributed by atoms with E-state index in [0.717, 1.165) is 11.6 Å². The van der Waals surface area contributed by atoms with Gasteiger partial charge in [0.15, 0.2) is 15.3 Å². The smallest absolute Gasteiger partial charge is 0.325 e. The Bertz CT molecular complexity index is 1040. The van der Waals surface area contributed by atoms with Crippen molar-refractivity contribution in [3.8, 4) is 0 Å². The minimum atomic E-state index is -4.15. The van der Waals surface area contributed by atoms with Gasteiger partial charge in [0.25, 0.3) is 0 Å². The quantitative estimate of drug-likeness (QED) is 0.491. The van der Waals surface area contributed by atoms with E-state index in [1.807, 2.05) is 6.92 Å². The van der Waals surface area contributed by atoms with E-state index >= 15 is 0 Å². The SMILES string of the molecule is CCOC(=O)C1(C(=O)OCC)C(c2cccc(F)c2)C1S(=O)(=O)c1ccc(C)cc1. The van der Waals surface area contributed by atoms with Gasteiger partial charge < -0.3 is 9.47 Å². The van der Waals surface area contributed by atoms with E-state index in [1.165, 1.54) is 30.3 Å². The van der Waals surface area contributed by atoms with Gasteiger partial charge in [0.05, 0.1) is 18.1 Å². The van der Waals surface area contributed by atoms with Crippen LogP contribution in [0.3, 0.4) is 0 Å². The Morgan fingerprint density at radius 1 is 1.00 bits per heavy atom. The Hall–Kier alpha value is -2.74. The lowest BCUT2D eigenvalue weighted by Gasteiger charge is -2.15. The number of carbonyl (C=O) groups excluding carboxylic acids is 2. The Balaban J connectivity index is 2.21. The average Bonchev–Trinajstić information content (AvgIpc) is 3.41. The van der Waals surface area contributed by atoms with Crippen molar-refractivity contribution in [3.05, 3.63) is 65.5 Å². The van der Waals surface area contributed by atoms with Crippen molar-refractivity contribution in [1.82, 2.24) is 0 Å². The average molecular weight is 434 g/mol. The summed E-state index contributed by atoms with van der Waals surface area (Å²) < 4.78 is 51.1. The van der Waals surface area contributed by atoms with Crippen molar-refractivity contribution in [2.45, 2.75) is 36.8 Å². The van der Waals surface area contributed by atoms with E-state index in [2.05, 4.69) is 0 Å². The molecule has 30 heavy (non-hydrogen) atoms. The molecule has 0 spiro atoms. The van der Waals surface area contributed by atoms with Gasteiger partial charge in [0, 0.05) is 5.92 Å². The van der Waals surface area contributed by atoms with Gasteiger partial charge in [0.1, 0.15) is 11.1 Å². The Labute approximate surface area is 174 Å². The van der Waals surface area contributed by atoms with Crippen LogP contribution in [0.15, 0.2) is 53.4 Å². The van der Waals surface area contributed by atoms with Crippen LogP contribution in [0.25, 0.3) is 0 Å². The van der Waals surface area contributed by atoms with Crippen LogP contribution in [0.5, 0.6) is 0 Å². The first-order valence-electron chi connectivity index (χ1n) is 9.61. The summed E-state index contributed by atoms with van der Waals surface area (Å²) >= 11 is 0. The Morgan fingerprint density at radius 2 is 1.57 bits per heavy atom. The summed E-state index contributed by atoms with van der Waals surface area (Å²) in [4.78, 5) is 25.9. The van der Waals surface area contributed by atoms with E-state index < -0.39 is 44.2 Å². The summed E-state index contributed by atoms with van der Waals surface area (Å²) in [6.45, 7) is 4.82. The second-order valence-corrected chi connectivity index (χ2v) is 9.19. The predicted molar refractivity (Wildman–Crippen MR) is 107 cm³/mol. The third-order valence-electron chi connectivity index (χ3n) is 5.25. The zero-order valence-electron chi connectivity index (χ0n) is 16.9. The van der Waals surface area contributed by atoms with Crippen molar-refractivity contribution in [2.24, 2.45) is 5.41 Å². The van der Waals surface area contributed by atoms with Gasteiger partial charge in [-0.25, -0.2) is 12.8 Å². The van der Waals surface area contributed by atoms with Crippen molar-refractivity contribution < 1.29 is 31.9 Å². The standard InChI is InChI=1S/C22H23FO6S/c1-4-28-20(24)22(21(25)29-5-2)18(15-7-6-8-16(23)13-15)19(22)30(26,27)17-11-9-14(3)10-12-17/h6-13,18-19H,4-5H2,1-3H3. The topological polar surface area (TPSA) is 86.7 Å². The van der Waals surface area contributed by atoms with Gasteiger partial charge in [-0.1, -0.05) is 29.8 Å². The zero-order valence-corrected chi connectivity index (χ0v) is 17.7. The third kappa shape index (κ3) is 3.49. The van der Waals surface area contributed by atoms with Crippen LogP contribution in [0, 0.1) is 18.2 Å². The number of hydrogen-bond acceptors (Lipinski definition) is 6. The number of aryl methyl sites for hydroxylation is 1. The first-order valence-corrected chi connectivity index (χ1v) is 11.2. The van der Waals surface area contributed by atoms with Gasteiger partial charge >= 0.3 is 11.9 Å². The highest BCUT2D eigenvalue weighted by atomic mass is 32.2. The Kier molecular flexibility index (Phi) is 5.99. The molecule has 2 aromatic carbocycles. The van der Waals surface area contributed by atoms with Gasteiger partial charge in [-0.05, 0) is 50.6 Å². The van der Waals surface area contributed by atoms with Crippen LogP contribution in [-0.4, -0.2) is 38.8 Å². The van der Waals surface area contributed by atoms with Crippen molar-refractivity contribution in [3.63, 3.8) is 0 Å². The van der Waals surface area contributed by atoms with Gasteiger partial charge in [-0.2, -0.15) is 0 Å². The third-order valence-corrected chi connectivity index (χ3v) is 7.49. The Morgan fingerprint density at radius 3 is 2.07 bits per heavy atom. The molecular weight excluding hydrogens is 411 g/mol. The van der Waals surface area contributed by atoms with Crippen LogP contribution in [0.2, 0.25) is 0 Å². The molecule has 0 radical (unpaired) electrons. The van der Waals surface area contributed by atoms with E-state index in [0.29, 0.717) is 0 Å². The van der Waals surface area contributed by atoms with Crippen LogP contribution in [0.4, 0.5) is 4.39 Å². The van der Waals surface area contributed by atoms with Gasteiger partial charge in [0.2, 0.25) is 0 Å². The monoisotopic (exact) mass is 434 g/mol. The number of sulfone groups is 1. The molecule has 0 N–H and O–H groups in total. The number of esters is 2. The zero-order chi connectivity index (χ0) is 22.1. The number of rotatable bonds is 7. The van der Waals surface area contributed by atoms with Crippen molar-refractivity contribution in [2.75, 3.05) is 13.2 Å². The molecule has 2 unspecified atom stereocenters. The molecule has 8 heteroatoms. The summed E-state index contributed by atoms with van der Waals surface area (Å²) in [5.74, 6) is -3.71. The molecule has 0 saturated heterocycles. The molecule has 160 valence electrons. The summed E-state index contributed by atoms with van der Waals surface area (Å²) in [5.41, 5.74) is -1.02. The number of halogens is 1. The fraction of sp³-hybridized carbons (Fsp3) is 0.364. The first kappa shape index (κ1) is 22.0. The van der Waals surface area contributed by atoms with E-state index in [1.54, 1.807) is 26.0 Å². The molecule has 1 aliphatic carbocycles. The highest BCUT2D eigenvalue weighted by molar-refractivity contribution is 7.92. The molecule has 1 aliphatic rings. The molecule has 3 rings (SSSR count). The predicted octanol–water partition coefficient (Wildman–Crippen LogP) is 3.19. The number of ether oxygens (including phenoxy) is 2. The highest BCUT2D eigenvalue weighted by Crippen LogP contribution is 2.65. The highest BCUT2D eigenvalue weighted by Gasteiger charge is 2.81. The van der Waals surface area contributed by atoms with Crippen LogP contribution >= 0.6 is 0 Å². The molecule has 1 fully saturated rings. The number of hydrogen-bond donors (Lipinski definition) is 0. The molecule has 6 nitrogen and oxygen atoms in total. The molecule has 0 bridgehead atoms. The molecule has 0 aliphatic heterocycles. The molecular formula is C22H23FO6S.